The number of amidine groups is 1. The van der Waals surface area contributed by atoms with Gasteiger partial charge in [0.1, 0.15) is 11.4 Å². The first-order valence-electron chi connectivity index (χ1n) is 11.9. The molecule has 0 saturated carbocycles. The maximum atomic E-state index is 13.7. The van der Waals surface area contributed by atoms with E-state index in [4.69, 9.17) is 14.7 Å². The van der Waals surface area contributed by atoms with E-state index in [2.05, 4.69) is 31.6 Å². The van der Waals surface area contributed by atoms with Crippen molar-refractivity contribution < 1.29 is 19.1 Å². The summed E-state index contributed by atoms with van der Waals surface area (Å²) >= 11 is 4.72. The van der Waals surface area contributed by atoms with Crippen molar-refractivity contribution in [2.45, 2.75) is 50.4 Å². The summed E-state index contributed by atoms with van der Waals surface area (Å²) in [4.78, 5) is 33.2. The molecule has 3 atom stereocenters. The number of amides is 2. The number of halogens is 1. The van der Waals surface area contributed by atoms with E-state index in [0.29, 0.717) is 49.0 Å². The number of carbonyl (C=O) groups is 2. The SMILES string of the molecule is Cc1cc(NC(=O)C2(NC(=O)c3ccc(Br)s3)CC3CCC2O3)ccc1N1CCOCCC1=NC#N. The molecule has 4 heterocycles. The van der Waals surface area contributed by atoms with Crippen molar-refractivity contribution in [1.82, 2.24) is 5.32 Å². The summed E-state index contributed by atoms with van der Waals surface area (Å²) in [7, 11) is 0. The van der Waals surface area contributed by atoms with Gasteiger partial charge in [-0.05, 0) is 71.6 Å². The van der Waals surface area contributed by atoms with Gasteiger partial charge in [-0.15, -0.1) is 11.3 Å². The van der Waals surface area contributed by atoms with E-state index in [1.807, 2.05) is 42.3 Å². The lowest BCUT2D eigenvalue weighted by Crippen LogP contribution is -2.62. The van der Waals surface area contributed by atoms with Gasteiger partial charge < -0.3 is 25.0 Å². The number of fused-ring (bicyclic) bond motifs is 2. The Morgan fingerprint density at radius 1 is 1.28 bits per heavy atom. The predicted molar refractivity (Wildman–Crippen MR) is 140 cm³/mol. The summed E-state index contributed by atoms with van der Waals surface area (Å²) in [6.07, 6.45) is 4.09. The molecule has 5 rings (SSSR count). The molecule has 1 aromatic carbocycles. The Morgan fingerprint density at radius 3 is 2.81 bits per heavy atom. The molecule has 0 spiro atoms. The minimum Gasteiger partial charge on any atom is -0.379 e. The average molecular weight is 572 g/mol. The zero-order chi connectivity index (χ0) is 25.3. The highest BCUT2D eigenvalue weighted by atomic mass is 79.9. The summed E-state index contributed by atoms with van der Waals surface area (Å²) < 4.78 is 12.4. The number of rotatable bonds is 5. The molecule has 11 heteroatoms. The third-order valence-electron chi connectivity index (χ3n) is 6.91. The van der Waals surface area contributed by atoms with Gasteiger partial charge in [-0.3, -0.25) is 9.59 Å². The first-order valence-corrected chi connectivity index (χ1v) is 13.5. The molecule has 9 nitrogen and oxygen atoms in total. The number of aryl methyl sites for hydroxylation is 1. The predicted octanol–water partition coefficient (Wildman–Crippen LogP) is 3.98. The zero-order valence-electron chi connectivity index (χ0n) is 19.8. The van der Waals surface area contributed by atoms with Crippen molar-refractivity contribution in [3.63, 3.8) is 0 Å². The molecule has 3 saturated heterocycles. The molecule has 2 amide bonds. The smallest absolute Gasteiger partial charge is 0.262 e. The highest BCUT2D eigenvalue weighted by molar-refractivity contribution is 9.11. The van der Waals surface area contributed by atoms with Crippen molar-refractivity contribution in [3.8, 4) is 6.19 Å². The Labute approximate surface area is 221 Å². The summed E-state index contributed by atoms with van der Waals surface area (Å²) in [5.74, 6) is 0.104. The molecule has 3 aliphatic rings. The van der Waals surface area contributed by atoms with Crippen molar-refractivity contribution >= 4 is 56.3 Å². The third kappa shape index (κ3) is 4.78. The van der Waals surface area contributed by atoms with Crippen molar-refractivity contribution in [2.24, 2.45) is 4.99 Å². The topological polar surface area (TPSA) is 116 Å². The fraction of sp³-hybridized carbons (Fsp3) is 0.440. The first-order chi connectivity index (χ1) is 17.4. The standard InChI is InChI=1S/C25H26BrN5O4S/c1-15-12-16(2-4-18(15)31-9-11-34-10-8-22(31)28-14-27)29-24(33)25(13-17-3-6-20(25)35-17)30-23(32)19-5-7-21(26)36-19/h2,4-5,7,12,17,20H,3,6,8-11,13H2,1H3,(H,29,33)(H,30,32). The molecular weight excluding hydrogens is 546 g/mol. The van der Waals surface area contributed by atoms with E-state index in [1.165, 1.54) is 11.3 Å². The molecule has 36 heavy (non-hydrogen) atoms. The Hall–Kier alpha value is -2.78. The number of nitriles is 1. The fourth-order valence-corrected chi connectivity index (χ4v) is 6.52. The normalized spacial score (nSPS) is 26.5. The number of hydrogen-bond donors (Lipinski definition) is 2. The second-order valence-electron chi connectivity index (χ2n) is 9.15. The summed E-state index contributed by atoms with van der Waals surface area (Å²) in [6, 6.07) is 9.19. The quantitative estimate of drug-likeness (QED) is 0.524. The molecule has 3 unspecified atom stereocenters. The van der Waals surface area contributed by atoms with Crippen LogP contribution in [-0.2, 0) is 14.3 Å². The Kier molecular flexibility index (Phi) is 7.12. The molecule has 188 valence electrons. The van der Waals surface area contributed by atoms with Crippen LogP contribution in [0.2, 0.25) is 0 Å². The maximum Gasteiger partial charge on any atom is 0.262 e. The van der Waals surface area contributed by atoms with Crippen LogP contribution in [0.15, 0.2) is 39.1 Å². The molecule has 3 aliphatic heterocycles. The Morgan fingerprint density at radius 2 is 2.14 bits per heavy atom. The van der Waals surface area contributed by atoms with Crippen molar-refractivity contribution in [2.75, 3.05) is 30.0 Å². The van der Waals surface area contributed by atoms with Crippen LogP contribution in [0, 0.1) is 18.4 Å². The maximum absolute atomic E-state index is 13.7. The number of hydrogen-bond acceptors (Lipinski definition) is 7. The van der Waals surface area contributed by atoms with Gasteiger partial charge in [0.05, 0.1) is 34.1 Å². The number of carbonyl (C=O) groups excluding carboxylic acids is 2. The van der Waals surface area contributed by atoms with Crippen molar-refractivity contribution in [3.05, 3.63) is 44.6 Å². The molecule has 1 aromatic heterocycles. The number of thiophene rings is 1. The second-order valence-corrected chi connectivity index (χ2v) is 11.6. The highest BCUT2D eigenvalue weighted by Crippen LogP contribution is 2.43. The number of nitrogens with one attached hydrogen (secondary N) is 2. The van der Waals surface area contributed by atoms with E-state index in [0.717, 1.165) is 27.9 Å². The lowest BCUT2D eigenvalue weighted by Gasteiger charge is -2.34. The third-order valence-corrected chi connectivity index (χ3v) is 8.53. The number of aliphatic imine (C=N–C) groups is 1. The molecular formula is C25H26BrN5O4S. The summed E-state index contributed by atoms with van der Waals surface area (Å²) in [5, 5.41) is 15.2. The van der Waals surface area contributed by atoms with Crippen LogP contribution in [0.1, 0.15) is 40.9 Å². The van der Waals surface area contributed by atoms with Crippen LogP contribution in [0.3, 0.4) is 0 Å². The average Bonchev–Trinajstić information content (AvgIpc) is 3.54. The number of nitrogens with zero attached hydrogens (tertiary/aromatic N) is 3. The lowest BCUT2D eigenvalue weighted by atomic mass is 9.80. The molecule has 2 aromatic rings. The number of benzene rings is 1. The molecule has 2 bridgehead atoms. The van der Waals surface area contributed by atoms with Gasteiger partial charge in [0.15, 0.2) is 0 Å². The molecule has 0 aliphatic carbocycles. The van der Waals surface area contributed by atoms with Gasteiger partial charge in [0.25, 0.3) is 11.8 Å². The van der Waals surface area contributed by atoms with Crippen LogP contribution < -0.4 is 15.5 Å². The summed E-state index contributed by atoms with van der Waals surface area (Å²) in [6.45, 7) is 3.59. The minimum atomic E-state index is -1.13. The highest BCUT2D eigenvalue weighted by Gasteiger charge is 2.58. The van der Waals surface area contributed by atoms with Gasteiger partial charge in [0, 0.05) is 30.8 Å². The molecule has 0 radical (unpaired) electrons. The van der Waals surface area contributed by atoms with Gasteiger partial charge in [-0.2, -0.15) is 10.3 Å². The van der Waals surface area contributed by atoms with E-state index < -0.39 is 5.54 Å². The van der Waals surface area contributed by atoms with Gasteiger partial charge in [-0.1, -0.05) is 0 Å². The van der Waals surface area contributed by atoms with E-state index >= 15 is 0 Å². The van der Waals surface area contributed by atoms with E-state index in [-0.39, 0.29) is 24.0 Å². The largest absolute Gasteiger partial charge is 0.379 e. The second kappa shape index (κ2) is 10.3. The zero-order valence-corrected chi connectivity index (χ0v) is 22.2. The monoisotopic (exact) mass is 571 g/mol. The van der Waals surface area contributed by atoms with Crippen LogP contribution in [-0.4, -0.2) is 55.2 Å². The Balaban J connectivity index is 1.37. The number of ether oxygens (including phenoxy) is 2. The van der Waals surface area contributed by atoms with Crippen molar-refractivity contribution in [1.29, 1.82) is 5.26 Å². The van der Waals surface area contributed by atoms with Crippen LogP contribution in [0.5, 0.6) is 0 Å². The fourth-order valence-electron chi connectivity index (χ4n) is 5.23. The van der Waals surface area contributed by atoms with E-state index in [9.17, 15) is 9.59 Å². The first kappa shape index (κ1) is 24.9. The van der Waals surface area contributed by atoms with Crippen LogP contribution in [0.4, 0.5) is 11.4 Å². The number of anilines is 2. The van der Waals surface area contributed by atoms with Gasteiger partial charge in [-0.25, -0.2) is 0 Å². The van der Waals surface area contributed by atoms with Crippen LogP contribution in [0.25, 0.3) is 0 Å². The van der Waals surface area contributed by atoms with Gasteiger partial charge >= 0.3 is 0 Å². The molecule has 3 fully saturated rings. The molecule has 2 N–H and O–H groups in total. The van der Waals surface area contributed by atoms with Crippen LogP contribution >= 0.6 is 27.3 Å². The summed E-state index contributed by atoms with van der Waals surface area (Å²) in [5.41, 5.74) is 1.33. The van der Waals surface area contributed by atoms with E-state index in [1.54, 1.807) is 6.07 Å². The van der Waals surface area contributed by atoms with Gasteiger partial charge in [0.2, 0.25) is 6.19 Å². The lowest BCUT2D eigenvalue weighted by molar-refractivity contribution is -0.124. The minimum absolute atomic E-state index is 0.0386. The Bertz CT molecular complexity index is 1260.